The van der Waals surface area contributed by atoms with E-state index in [1.54, 1.807) is 31.5 Å². The van der Waals surface area contributed by atoms with Crippen molar-refractivity contribution in [3.63, 3.8) is 0 Å². The van der Waals surface area contributed by atoms with Crippen molar-refractivity contribution in [3.8, 4) is 17.0 Å². The van der Waals surface area contributed by atoms with E-state index in [0.29, 0.717) is 46.4 Å². The summed E-state index contributed by atoms with van der Waals surface area (Å²) >= 11 is 0. The fraction of sp³-hybridized carbons (Fsp3) is 0.190. The summed E-state index contributed by atoms with van der Waals surface area (Å²) in [6.07, 6.45) is 1.65. The molecule has 0 bridgehead atoms. The third kappa shape index (κ3) is 2.95. The second kappa shape index (κ2) is 7.28. The third-order valence-electron chi connectivity index (χ3n) is 4.72. The number of amides is 1. The third-order valence-corrected chi connectivity index (χ3v) is 4.72. The van der Waals surface area contributed by atoms with Crippen LogP contribution in [-0.2, 0) is 6.61 Å². The van der Waals surface area contributed by atoms with Crippen LogP contribution in [0.1, 0.15) is 22.8 Å². The monoisotopic (exact) mass is 376 g/mol. The highest BCUT2D eigenvalue weighted by Gasteiger charge is 2.28. The lowest BCUT2D eigenvalue weighted by Crippen LogP contribution is -2.20. The van der Waals surface area contributed by atoms with Gasteiger partial charge in [0.15, 0.2) is 5.82 Å². The van der Waals surface area contributed by atoms with Crippen molar-refractivity contribution in [3.05, 3.63) is 59.8 Å². The molecule has 0 unspecified atom stereocenters. The van der Waals surface area contributed by atoms with E-state index < -0.39 is 0 Å². The number of nitrogens with one attached hydrogen (secondary N) is 1. The number of hydrogen-bond donors (Lipinski definition) is 2. The number of benzene rings is 1. The van der Waals surface area contributed by atoms with E-state index in [9.17, 15) is 9.90 Å². The smallest absolute Gasteiger partial charge is 0.259 e. The summed E-state index contributed by atoms with van der Waals surface area (Å²) in [5.41, 5.74) is 3.08. The number of anilines is 3. The van der Waals surface area contributed by atoms with Crippen molar-refractivity contribution in [1.82, 2.24) is 9.97 Å². The average Bonchev–Trinajstić information content (AvgIpc) is 2.86. The Hall–Kier alpha value is -3.45. The summed E-state index contributed by atoms with van der Waals surface area (Å²) in [4.78, 5) is 23.8. The molecular weight excluding hydrogens is 356 g/mol. The molecule has 1 amide bonds. The first-order valence-corrected chi connectivity index (χ1v) is 8.99. The largest absolute Gasteiger partial charge is 0.497 e. The molecule has 4 rings (SSSR count). The quantitative estimate of drug-likeness (QED) is 0.726. The Morgan fingerprint density at radius 1 is 1.18 bits per heavy atom. The lowest BCUT2D eigenvalue weighted by Gasteiger charge is -2.23. The van der Waals surface area contributed by atoms with Crippen molar-refractivity contribution < 1.29 is 14.6 Å². The zero-order valence-corrected chi connectivity index (χ0v) is 15.6. The molecule has 7 nitrogen and oxygen atoms in total. The van der Waals surface area contributed by atoms with Crippen molar-refractivity contribution in [2.75, 3.05) is 23.9 Å². The number of carbonyl (C=O) groups is 1. The first-order valence-electron chi connectivity index (χ1n) is 8.99. The number of methoxy groups -OCH3 is 1. The Bertz CT molecular complexity index is 1050. The molecule has 3 heterocycles. The van der Waals surface area contributed by atoms with Crippen LogP contribution in [0.25, 0.3) is 11.3 Å². The molecule has 0 aliphatic carbocycles. The number of rotatable bonds is 4. The van der Waals surface area contributed by atoms with Gasteiger partial charge >= 0.3 is 0 Å². The van der Waals surface area contributed by atoms with Gasteiger partial charge in [-0.25, -0.2) is 9.97 Å². The highest BCUT2D eigenvalue weighted by Crippen LogP contribution is 2.39. The number of nitrogens with zero attached hydrogens (tertiary/aromatic N) is 3. The van der Waals surface area contributed by atoms with Gasteiger partial charge in [-0.1, -0.05) is 12.1 Å². The van der Waals surface area contributed by atoms with Crippen LogP contribution in [-0.4, -0.2) is 34.6 Å². The first-order chi connectivity index (χ1) is 13.7. The number of fused-ring (bicyclic) bond motifs is 2. The number of hydrogen-bond acceptors (Lipinski definition) is 6. The highest BCUT2D eigenvalue weighted by molar-refractivity contribution is 6.12. The number of aliphatic hydroxyl groups is 1. The number of aliphatic hydroxyl groups excluding tert-OH is 1. The Labute approximate surface area is 162 Å². The summed E-state index contributed by atoms with van der Waals surface area (Å²) in [6, 6.07) is 12.8. The number of pyridine rings is 2. The van der Waals surface area contributed by atoms with Crippen LogP contribution >= 0.6 is 0 Å². The van der Waals surface area contributed by atoms with Gasteiger partial charge in [-0.15, -0.1) is 0 Å². The minimum atomic E-state index is -0.272. The van der Waals surface area contributed by atoms with Gasteiger partial charge in [0.25, 0.3) is 5.91 Å². The Morgan fingerprint density at radius 3 is 2.79 bits per heavy atom. The molecule has 28 heavy (non-hydrogen) atoms. The molecule has 142 valence electrons. The van der Waals surface area contributed by atoms with E-state index in [1.807, 2.05) is 36.1 Å². The second-order valence-electron chi connectivity index (χ2n) is 6.33. The average molecular weight is 376 g/mol. The zero-order chi connectivity index (χ0) is 19.7. The van der Waals surface area contributed by atoms with Gasteiger partial charge in [0, 0.05) is 23.9 Å². The van der Waals surface area contributed by atoms with E-state index in [0.717, 1.165) is 5.56 Å². The Kier molecular flexibility index (Phi) is 4.67. The van der Waals surface area contributed by atoms with Crippen LogP contribution in [0.3, 0.4) is 0 Å². The molecule has 0 saturated heterocycles. The zero-order valence-electron chi connectivity index (χ0n) is 15.6. The molecular formula is C21H20N4O3. The van der Waals surface area contributed by atoms with E-state index in [4.69, 9.17) is 9.72 Å². The molecule has 0 saturated carbocycles. The number of carbonyl (C=O) groups excluding carboxylic acids is 1. The minimum absolute atomic E-state index is 0.233. The van der Waals surface area contributed by atoms with Crippen LogP contribution < -0.4 is 15.0 Å². The maximum Gasteiger partial charge on any atom is 0.259 e. The molecule has 1 aliphatic heterocycles. The SMILES string of the molecule is CCN1c2ncccc2C(=O)Nc2c(CO)cc(-c3cccc(OC)c3)nc21. The summed E-state index contributed by atoms with van der Waals surface area (Å²) in [7, 11) is 1.61. The summed E-state index contributed by atoms with van der Waals surface area (Å²) < 4.78 is 5.31. The summed E-state index contributed by atoms with van der Waals surface area (Å²) in [5, 5.41) is 12.9. The predicted molar refractivity (Wildman–Crippen MR) is 107 cm³/mol. The summed E-state index contributed by atoms with van der Waals surface area (Å²) in [6.45, 7) is 2.30. The molecule has 0 radical (unpaired) electrons. The Morgan fingerprint density at radius 2 is 2.04 bits per heavy atom. The van der Waals surface area contributed by atoms with Crippen LogP contribution in [0.4, 0.5) is 17.3 Å². The Balaban J connectivity index is 1.95. The molecule has 0 spiro atoms. The molecule has 0 atom stereocenters. The molecule has 1 aromatic carbocycles. The maximum absolute atomic E-state index is 12.7. The fourth-order valence-corrected chi connectivity index (χ4v) is 3.34. The minimum Gasteiger partial charge on any atom is -0.497 e. The topological polar surface area (TPSA) is 87.6 Å². The van der Waals surface area contributed by atoms with Gasteiger partial charge in [-0.3, -0.25) is 4.79 Å². The van der Waals surface area contributed by atoms with E-state index in [1.165, 1.54) is 0 Å². The van der Waals surface area contributed by atoms with Crippen molar-refractivity contribution >= 4 is 23.2 Å². The van der Waals surface area contributed by atoms with Gasteiger partial charge < -0.3 is 20.1 Å². The fourth-order valence-electron chi connectivity index (χ4n) is 3.34. The molecule has 7 heteroatoms. The lowest BCUT2D eigenvalue weighted by atomic mass is 10.1. The molecule has 3 aromatic rings. The normalized spacial score (nSPS) is 12.7. The number of aromatic nitrogens is 2. The molecule has 2 N–H and O–H groups in total. The van der Waals surface area contributed by atoms with Crippen molar-refractivity contribution in [2.45, 2.75) is 13.5 Å². The van der Waals surface area contributed by atoms with E-state index >= 15 is 0 Å². The lowest BCUT2D eigenvalue weighted by molar-refractivity contribution is 0.102. The van der Waals surface area contributed by atoms with Crippen LogP contribution in [0, 0.1) is 0 Å². The van der Waals surface area contributed by atoms with Gasteiger partial charge in [0.05, 0.1) is 30.7 Å². The predicted octanol–water partition coefficient (Wildman–Crippen LogP) is 3.37. The van der Waals surface area contributed by atoms with Crippen molar-refractivity contribution in [2.24, 2.45) is 0 Å². The molecule has 0 fully saturated rings. The summed E-state index contributed by atoms with van der Waals surface area (Å²) in [5.74, 6) is 1.54. The van der Waals surface area contributed by atoms with Crippen LogP contribution in [0.5, 0.6) is 5.75 Å². The van der Waals surface area contributed by atoms with Gasteiger partial charge in [0.2, 0.25) is 0 Å². The molecule has 1 aliphatic rings. The highest BCUT2D eigenvalue weighted by atomic mass is 16.5. The van der Waals surface area contributed by atoms with Gasteiger partial charge in [-0.05, 0) is 37.3 Å². The number of ether oxygens (including phenoxy) is 1. The van der Waals surface area contributed by atoms with E-state index in [-0.39, 0.29) is 12.5 Å². The van der Waals surface area contributed by atoms with Gasteiger partial charge in [0.1, 0.15) is 11.6 Å². The molecule has 2 aromatic heterocycles. The van der Waals surface area contributed by atoms with Crippen molar-refractivity contribution in [1.29, 1.82) is 0 Å². The van der Waals surface area contributed by atoms with Crippen LogP contribution in [0.15, 0.2) is 48.7 Å². The maximum atomic E-state index is 12.7. The standard InChI is InChI=1S/C21H20N4O3/c1-3-25-19-16(8-5-9-22-19)21(27)24-18-14(12-26)11-17(23-20(18)25)13-6-4-7-15(10-13)28-2/h4-11,26H,3,12H2,1-2H3,(H,24,27). The van der Waals surface area contributed by atoms with Gasteiger partial charge in [-0.2, -0.15) is 0 Å². The first kappa shape index (κ1) is 17.9. The van der Waals surface area contributed by atoms with Crippen LogP contribution in [0.2, 0.25) is 0 Å². The van der Waals surface area contributed by atoms with E-state index in [2.05, 4.69) is 10.3 Å². The second-order valence-corrected chi connectivity index (χ2v) is 6.33.